The van der Waals surface area contributed by atoms with Crippen molar-refractivity contribution in [3.05, 3.63) is 35.1 Å². The summed E-state index contributed by atoms with van der Waals surface area (Å²) in [5.74, 6) is -0.178. The molecule has 2 nitrogen and oxygen atoms in total. The van der Waals surface area contributed by atoms with Crippen molar-refractivity contribution in [1.82, 2.24) is 5.32 Å². The van der Waals surface area contributed by atoms with Gasteiger partial charge in [-0.05, 0) is 24.1 Å². The molecule has 0 heterocycles. The highest BCUT2D eigenvalue weighted by Gasteiger charge is 2.07. The summed E-state index contributed by atoms with van der Waals surface area (Å²) in [6, 6.07) is 5.36. The molecule has 0 bridgehead atoms. The number of hydrogen-bond donors (Lipinski definition) is 2. The Balaban J connectivity index is 2.65. The van der Waals surface area contributed by atoms with Gasteiger partial charge in [0.05, 0.1) is 0 Å². The van der Waals surface area contributed by atoms with Crippen molar-refractivity contribution in [3.8, 4) is 0 Å². The fourth-order valence-electron chi connectivity index (χ4n) is 1.38. The number of aryl methyl sites for hydroxylation is 1. The molecule has 0 aromatic heterocycles. The molecule has 84 valence electrons. The summed E-state index contributed by atoms with van der Waals surface area (Å²) in [6.07, 6.45) is 0. The average molecular weight is 210 g/mol. The van der Waals surface area contributed by atoms with E-state index in [0.717, 1.165) is 5.56 Å². The molecule has 1 aromatic rings. The summed E-state index contributed by atoms with van der Waals surface area (Å²) in [4.78, 5) is 0. The summed E-state index contributed by atoms with van der Waals surface area (Å²) in [6.45, 7) is 6.61. The molecule has 0 saturated heterocycles. The van der Waals surface area contributed by atoms with Crippen LogP contribution in [0.25, 0.3) is 0 Å². The largest absolute Gasteiger partial charge is 0.323 e. The minimum Gasteiger partial charge on any atom is -0.323 e. The first kappa shape index (κ1) is 12.1. The van der Waals surface area contributed by atoms with E-state index >= 15 is 0 Å². The number of hydrogen-bond acceptors (Lipinski definition) is 2. The normalized spacial score (nSPS) is 13.2. The highest BCUT2D eigenvalue weighted by atomic mass is 19.1. The van der Waals surface area contributed by atoms with Gasteiger partial charge in [0.1, 0.15) is 5.82 Å². The van der Waals surface area contributed by atoms with E-state index in [1.165, 1.54) is 6.07 Å². The van der Waals surface area contributed by atoms with Crippen LogP contribution in [0.2, 0.25) is 0 Å². The molecular formula is C12H19FN2. The van der Waals surface area contributed by atoms with E-state index in [1.807, 2.05) is 6.07 Å². The molecule has 0 aliphatic rings. The average Bonchev–Trinajstić information content (AvgIpc) is 2.18. The van der Waals surface area contributed by atoms with Crippen LogP contribution in [0.1, 0.15) is 31.0 Å². The molecule has 0 amide bonds. The second kappa shape index (κ2) is 5.24. The summed E-state index contributed by atoms with van der Waals surface area (Å²) >= 11 is 0. The molecule has 0 aliphatic carbocycles. The van der Waals surface area contributed by atoms with Crippen LogP contribution >= 0.6 is 0 Å². The molecule has 1 atom stereocenters. The minimum atomic E-state index is -0.178. The van der Waals surface area contributed by atoms with Gasteiger partial charge in [0.15, 0.2) is 0 Å². The lowest BCUT2D eigenvalue weighted by Gasteiger charge is -2.15. The van der Waals surface area contributed by atoms with E-state index in [9.17, 15) is 4.39 Å². The van der Waals surface area contributed by atoms with Crippen molar-refractivity contribution >= 4 is 0 Å². The molecule has 3 heteroatoms. The zero-order chi connectivity index (χ0) is 11.4. The topological polar surface area (TPSA) is 38.0 Å². The van der Waals surface area contributed by atoms with E-state index in [4.69, 9.17) is 5.73 Å². The van der Waals surface area contributed by atoms with E-state index in [0.29, 0.717) is 18.2 Å². The summed E-state index contributed by atoms with van der Waals surface area (Å²) in [7, 11) is 0. The Kier molecular flexibility index (Phi) is 4.24. The van der Waals surface area contributed by atoms with Crippen LogP contribution in [0.4, 0.5) is 4.39 Å². The van der Waals surface area contributed by atoms with Gasteiger partial charge in [-0.1, -0.05) is 26.0 Å². The lowest BCUT2D eigenvalue weighted by atomic mass is 10.0. The Labute approximate surface area is 90.7 Å². The Morgan fingerprint density at radius 2 is 2.07 bits per heavy atom. The molecule has 1 unspecified atom stereocenters. The van der Waals surface area contributed by atoms with Crippen LogP contribution in [0, 0.1) is 12.7 Å². The van der Waals surface area contributed by atoms with E-state index < -0.39 is 0 Å². The number of halogens is 1. The first-order chi connectivity index (χ1) is 7.00. The molecule has 3 N–H and O–H groups in total. The molecule has 0 spiro atoms. The fourth-order valence-corrected chi connectivity index (χ4v) is 1.38. The van der Waals surface area contributed by atoms with Crippen molar-refractivity contribution in [2.24, 2.45) is 5.73 Å². The highest BCUT2D eigenvalue weighted by molar-refractivity contribution is 5.26. The maximum absolute atomic E-state index is 13.0. The Morgan fingerprint density at radius 1 is 1.40 bits per heavy atom. The third-order valence-corrected chi connectivity index (χ3v) is 2.36. The van der Waals surface area contributed by atoms with Gasteiger partial charge < -0.3 is 11.1 Å². The van der Waals surface area contributed by atoms with E-state index in [1.54, 1.807) is 13.0 Å². The molecule has 0 radical (unpaired) electrons. The first-order valence-electron chi connectivity index (χ1n) is 5.25. The zero-order valence-corrected chi connectivity index (χ0v) is 9.55. The Bertz CT molecular complexity index is 323. The van der Waals surface area contributed by atoms with Crippen LogP contribution in [0.5, 0.6) is 0 Å². The van der Waals surface area contributed by atoms with Crippen LogP contribution in [-0.4, -0.2) is 12.6 Å². The van der Waals surface area contributed by atoms with Gasteiger partial charge in [-0.25, -0.2) is 4.39 Å². The smallest absolute Gasteiger partial charge is 0.126 e. The van der Waals surface area contributed by atoms with Crippen molar-refractivity contribution in [3.63, 3.8) is 0 Å². The van der Waals surface area contributed by atoms with Gasteiger partial charge in [0.25, 0.3) is 0 Å². The van der Waals surface area contributed by atoms with Gasteiger partial charge >= 0.3 is 0 Å². The lowest BCUT2D eigenvalue weighted by Crippen LogP contribution is -2.31. The third kappa shape index (κ3) is 3.61. The van der Waals surface area contributed by atoms with Gasteiger partial charge in [-0.3, -0.25) is 0 Å². The molecule has 1 rings (SSSR count). The van der Waals surface area contributed by atoms with Gasteiger partial charge in [-0.15, -0.1) is 0 Å². The monoisotopic (exact) mass is 210 g/mol. The molecule has 0 fully saturated rings. The van der Waals surface area contributed by atoms with Crippen molar-refractivity contribution in [1.29, 1.82) is 0 Å². The van der Waals surface area contributed by atoms with Crippen LogP contribution in [0.3, 0.4) is 0 Å². The maximum atomic E-state index is 13.0. The lowest BCUT2D eigenvalue weighted by molar-refractivity contribution is 0.536. The predicted octanol–water partition coefficient (Wildman–Crippen LogP) is 2.13. The second-order valence-electron chi connectivity index (χ2n) is 4.18. The predicted molar refractivity (Wildman–Crippen MR) is 61.2 cm³/mol. The third-order valence-electron chi connectivity index (χ3n) is 2.36. The minimum absolute atomic E-state index is 0.0771. The van der Waals surface area contributed by atoms with Crippen molar-refractivity contribution < 1.29 is 4.39 Å². The van der Waals surface area contributed by atoms with Gasteiger partial charge in [0, 0.05) is 18.6 Å². The highest BCUT2D eigenvalue weighted by Crippen LogP contribution is 2.14. The van der Waals surface area contributed by atoms with E-state index in [-0.39, 0.29) is 11.9 Å². The van der Waals surface area contributed by atoms with Crippen LogP contribution in [-0.2, 0) is 0 Å². The number of nitrogens with one attached hydrogen (secondary N) is 1. The van der Waals surface area contributed by atoms with Crippen LogP contribution < -0.4 is 11.1 Å². The Hall–Kier alpha value is -0.930. The summed E-state index contributed by atoms with van der Waals surface area (Å²) in [5, 5.41) is 3.26. The molecule has 0 aliphatic heterocycles. The zero-order valence-electron chi connectivity index (χ0n) is 9.55. The van der Waals surface area contributed by atoms with Gasteiger partial charge in [-0.2, -0.15) is 0 Å². The van der Waals surface area contributed by atoms with Gasteiger partial charge in [0.2, 0.25) is 0 Å². The maximum Gasteiger partial charge on any atom is 0.126 e. The summed E-state index contributed by atoms with van der Waals surface area (Å²) < 4.78 is 13.0. The van der Waals surface area contributed by atoms with E-state index in [2.05, 4.69) is 19.2 Å². The second-order valence-corrected chi connectivity index (χ2v) is 4.18. The van der Waals surface area contributed by atoms with Crippen LogP contribution in [0.15, 0.2) is 18.2 Å². The molecular weight excluding hydrogens is 191 g/mol. The molecule has 1 aromatic carbocycles. The quantitative estimate of drug-likeness (QED) is 0.799. The van der Waals surface area contributed by atoms with Crippen molar-refractivity contribution in [2.75, 3.05) is 6.54 Å². The standard InChI is InChI=1S/C12H19FN2/c1-8(2)15-7-12(14)10-4-5-11(13)9(3)6-10/h4-6,8,12,15H,7,14H2,1-3H3. The number of nitrogens with two attached hydrogens (primary N) is 1. The first-order valence-corrected chi connectivity index (χ1v) is 5.25. The molecule has 15 heavy (non-hydrogen) atoms. The number of benzene rings is 1. The van der Waals surface area contributed by atoms with Crippen molar-refractivity contribution in [2.45, 2.75) is 32.9 Å². The fraction of sp³-hybridized carbons (Fsp3) is 0.500. The number of rotatable bonds is 4. The SMILES string of the molecule is Cc1cc(C(N)CNC(C)C)ccc1F. The molecule has 0 saturated carbocycles. The summed E-state index contributed by atoms with van der Waals surface area (Å²) in [5.41, 5.74) is 7.60. The Morgan fingerprint density at radius 3 is 2.60 bits per heavy atom.